The van der Waals surface area contributed by atoms with Crippen molar-refractivity contribution in [3.63, 3.8) is 0 Å². The number of rotatable bonds is 5. The van der Waals surface area contributed by atoms with Gasteiger partial charge in [-0.1, -0.05) is 24.3 Å². The Morgan fingerprint density at radius 1 is 1.14 bits per heavy atom. The largest absolute Gasteiger partial charge is 0.507 e. The zero-order chi connectivity index (χ0) is 15.2. The third-order valence-corrected chi connectivity index (χ3v) is 2.59. The Labute approximate surface area is 119 Å². The average Bonchev–Trinajstić information content (AvgIpc) is 2.47. The smallest absolute Gasteiger partial charge is 0.347 e. The Hall–Kier alpha value is -3.09. The molecule has 0 bridgehead atoms. The fourth-order valence-electron chi connectivity index (χ4n) is 1.59. The minimum atomic E-state index is -0.883. The maximum atomic E-state index is 11.8. The molecule has 2 rings (SSSR count). The number of phenols is 1. The van der Waals surface area contributed by atoms with Gasteiger partial charge in [0.05, 0.1) is 0 Å². The predicted octanol–water partition coefficient (Wildman–Crippen LogP) is 2.32. The zero-order valence-electron chi connectivity index (χ0n) is 10.8. The first-order valence-corrected chi connectivity index (χ1v) is 5.92. The topological polar surface area (TPSA) is 98.9 Å². The molecule has 0 aromatic heterocycles. The van der Waals surface area contributed by atoms with E-state index in [1.165, 1.54) is 36.4 Å². The van der Waals surface area contributed by atoms with Crippen LogP contribution < -0.4 is 4.74 Å². The van der Waals surface area contributed by atoms with Crippen LogP contribution in [0.2, 0.25) is 0 Å². The summed E-state index contributed by atoms with van der Waals surface area (Å²) in [6, 6.07) is 12.1. The van der Waals surface area contributed by atoms with E-state index in [4.69, 9.17) is 4.74 Å². The van der Waals surface area contributed by atoms with E-state index in [0.29, 0.717) is 5.56 Å². The van der Waals surface area contributed by atoms with Crippen LogP contribution in [0, 0.1) is 10.1 Å². The van der Waals surface area contributed by atoms with Crippen LogP contribution in [0.15, 0.2) is 48.5 Å². The molecule has 7 heteroatoms. The summed E-state index contributed by atoms with van der Waals surface area (Å²) in [5, 5.41) is 18.7. The lowest BCUT2D eigenvalue weighted by Crippen LogP contribution is -2.08. The lowest BCUT2D eigenvalue weighted by atomic mass is 10.2. The molecule has 0 amide bonds. The fourth-order valence-corrected chi connectivity index (χ4v) is 1.59. The molecule has 0 unspecified atom stereocenters. The molecule has 108 valence electrons. The number of esters is 1. The van der Waals surface area contributed by atoms with Crippen molar-refractivity contribution in [3.05, 3.63) is 69.8 Å². The van der Waals surface area contributed by atoms with Gasteiger partial charge < -0.3 is 14.7 Å². The highest BCUT2D eigenvalue weighted by atomic mass is 16.9. The van der Waals surface area contributed by atoms with E-state index in [2.05, 4.69) is 4.84 Å². The fraction of sp³-hybridized carbons (Fsp3) is 0.0714. The summed E-state index contributed by atoms with van der Waals surface area (Å²) in [7, 11) is 0. The van der Waals surface area contributed by atoms with E-state index in [1.54, 1.807) is 12.1 Å². The Morgan fingerprint density at radius 3 is 2.43 bits per heavy atom. The molecule has 1 N–H and O–H groups in total. The van der Waals surface area contributed by atoms with Crippen molar-refractivity contribution in [2.75, 3.05) is 0 Å². The van der Waals surface area contributed by atoms with Crippen LogP contribution in [0.3, 0.4) is 0 Å². The van der Waals surface area contributed by atoms with E-state index in [9.17, 15) is 20.0 Å². The third kappa shape index (κ3) is 3.93. The van der Waals surface area contributed by atoms with Gasteiger partial charge in [0.25, 0.3) is 5.09 Å². The number of phenolic OH excluding ortho intramolecular Hbond substituents is 1. The number of carbonyl (C=O) groups excluding carboxylic acids is 1. The van der Waals surface area contributed by atoms with E-state index in [1.807, 2.05) is 0 Å². The lowest BCUT2D eigenvalue weighted by Gasteiger charge is -2.06. The van der Waals surface area contributed by atoms with Crippen LogP contribution in [-0.2, 0) is 11.4 Å². The minimum absolute atomic E-state index is 0.0539. The van der Waals surface area contributed by atoms with E-state index in [-0.39, 0.29) is 23.7 Å². The second kappa shape index (κ2) is 6.38. The van der Waals surface area contributed by atoms with Crippen molar-refractivity contribution in [3.8, 4) is 11.5 Å². The zero-order valence-corrected chi connectivity index (χ0v) is 10.8. The summed E-state index contributed by atoms with van der Waals surface area (Å²) >= 11 is 0. The van der Waals surface area contributed by atoms with E-state index in [0.717, 1.165) is 0 Å². The normalized spacial score (nSPS) is 9.90. The van der Waals surface area contributed by atoms with Crippen molar-refractivity contribution < 1.29 is 24.6 Å². The second-order valence-corrected chi connectivity index (χ2v) is 4.05. The van der Waals surface area contributed by atoms with Gasteiger partial charge in [-0.15, -0.1) is 10.1 Å². The number of aromatic hydroxyl groups is 1. The van der Waals surface area contributed by atoms with Crippen molar-refractivity contribution in [2.45, 2.75) is 6.61 Å². The molecule has 0 spiro atoms. The number of hydrogen-bond donors (Lipinski definition) is 1. The summed E-state index contributed by atoms with van der Waals surface area (Å²) in [5.74, 6) is -0.603. The summed E-state index contributed by atoms with van der Waals surface area (Å²) < 4.78 is 5.09. The molecule has 0 fully saturated rings. The van der Waals surface area contributed by atoms with Gasteiger partial charge in [0, 0.05) is 0 Å². The van der Waals surface area contributed by atoms with Crippen molar-refractivity contribution in [1.82, 2.24) is 0 Å². The first-order chi connectivity index (χ1) is 10.1. The van der Waals surface area contributed by atoms with Gasteiger partial charge in [0.15, 0.2) is 0 Å². The molecule has 2 aromatic carbocycles. The number of nitrogens with zero attached hydrogens (tertiary/aromatic N) is 1. The van der Waals surface area contributed by atoms with Gasteiger partial charge in [-0.05, 0) is 29.8 Å². The molecule has 0 atom stereocenters. The first-order valence-electron chi connectivity index (χ1n) is 5.92. The van der Waals surface area contributed by atoms with E-state index >= 15 is 0 Å². The van der Waals surface area contributed by atoms with Crippen molar-refractivity contribution in [1.29, 1.82) is 0 Å². The van der Waals surface area contributed by atoms with Crippen LogP contribution in [0.1, 0.15) is 15.9 Å². The monoisotopic (exact) mass is 289 g/mol. The molecule has 0 heterocycles. The highest BCUT2D eigenvalue weighted by molar-refractivity contribution is 5.93. The number of benzene rings is 2. The Bertz CT molecular complexity index is 653. The van der Waals surface area contributed by atoms with Crippen LogP contribution >= 0.6 is 0 Å². The van der Waals surface area contributed by atoms with Gasteiger partial charge in [-0.3, -0.25) is 0 Å². The molecule has 7 nitrogen and oxygen atoms in total. The SMILES string of the molecule is O=C(Oc1ccc(CO[N+](=O)[O-])cc1)c1ccccc1O. The second-order valence-electron chi connectivity index (χ2n) is 4.05. The molecular formula is C14H11NO6. The Balaban J connectivity index is 2.02. The van der Waals surface area contributed by atoms with Gasteiger partial charge >= 0.3 is 5.97 Å². The number of ether oxygens (including phenoxy) is 1. The molecule has 21 heavy (non-hydrogen) atoms. The number of carbonyl (C=O) groups is 1. The van der Waals surface area contributed by atoms with Gasteiger partial charge in [0.2, 0.25) is 0 Å². The first kappa shape index (κ1) is 14.3. The molecule has 0 radical (unpaired) electrons. The molecular weight excluding hydrogens is 278 g/mol. The maximum absolute atomic E-state index is 11.8. The molecule has 0 saturated carbocycles. The molecule has 0 aliphatic rings. The number of hydrogen-bond acceptors (Lipinski definition) is 6. The Morgan fingerprint density at radius 2 is 1.81 bits per heavy atom. The quantitative estimate of drug-likeness (QED) is 0.392. The molecule has 2 aromatic rings. The van der Waals surface area contributed by atoms with Gasteiger partial charge in [0.1, 0.15) is 23.7 Å². The summed E-state index contributed by atoms with van der Waals surface area (Å²) in [6.45, 7) is -0.180. The van der Waals surface area contributed by atoms with Crippen LogP contribution in [0.4, 0.5) is 0 Å². The highest BCUT2D eigenvalue weighted by Gasteiger charge is 2.12. The van der Waals surface area contributed by atoms with E-state index < -0.39 is 11.1 Å². The standard InChI is InChI=1S/C14H11NO6/c16-13-4-2-1-3-12(13)14(17)21-11-7-5-10(6-8-11)9-20-15(18)19/h1-8,16H,9H2. The molecule has 0 saturated heterocycles. The van der Waals surface area contributed by atoms with Crippen LogP contribution in [0.25, 0.3) is 0 Å². The van der Waals surface area contributed by atoms with Crippen molar-refractivity contribution in [2.24, 2.45) is 0 Å². The lowest BCUT2D eigenvalue weighted by molar-refractivity contribution is -0.763. The summed E-state index contributed by atoms with van der Waals surface area (Å²) in [4.78, 5) is 26.1. The third-order valence-electron chi connectivity index (χ3n) is 2.59. The molecule has 0 aliphatic carbocycles. The molecule has 0 aliphatic heterocycles. The maximum Gasteiger partial charge on any atom is 0.347 e. The predicted molar refractivity (Wildman–Crippen MR) is 71.3 cm³/mol. The average molecular weight is 289 g/mol. The highest BCUT2D eigenvalue weighted by Crippen LogP contribution is 2.19. The summed E-state index contributed by atoms with van der Waals surface area (Å²) in [6.07, 6.45) is 0. The van der Waals surface area contributed by atoms with Crippen LogP contribution in [0.5, 0.6) is 11.5 Å². The van der Waals surface area contributed by atoms with Crippen molar-refractivity contribution >= 4 is 5.97 Å². The Kier molecular flexibility index (Phi) is 4.35. The number of para-hydroxylation sites is 1. The van der Waals surface area contributed by atoms with Gasteiger partial charge in [-0.2, -0.15) is 0 Å². The van der Waals surface area contributed by atoms with Crippen LogP contribution in [-0.4, -0.2) is 16.2 Å². The minimum Gasteiger partial charge on any atom is -0.507 e. The van der Waals surface area contributed by atoms with Gasteiger partial charge in [-0.25, -0.2) is 4.79 Å². The summed E-state index contributed by atoms with van der Waals surface area (Å²) in [5.41, 5.74) is 0.618.